The maximum atomic E-state index is 14.5. The molecule has 1 aromatic carbocycles. The molecule has 2 aliphatic rings. The molecule has 1 saturated carbocycles. The second-order valence-electron chi connectivity index (χ2n) is 10.4. The highest BCUT2D eigenvalue weighted by Crippen LogP contribution is 2.69. The lowest BCUT2D eigenvalue weighted by molar-refractivity contribution is 0.242. The molecule has 9 nitrogen and oxygen atoms in total. The van der Waals surface area contributed by atoms with Crippen LogP contribution in [0.5, 0.6) is 0 Å². The minimum atomic E-state index is -0.664. The molecule has 3 heterocycles. The Balaban J connectivity index is 1.38. The van der Waals surface area contributed by atoms with E-state index in [0.717, 1.165) is 29.8 Å². The summed E-state index contributed by atoms with van der Waals surface area (Å²) in [6.07, 6.45) is 9.34. The van der Waals surface area contributed by atoms with Gasteiger partial charge in [0.05, 0.1) is 28.1 Å². The van der Waals surface area contributed by atoms with Crippen LogP contribution in [0.3, 0.4) is 0 Å². The SMILES string of the molecule is CS(CCc1ncn(-c2nccc([C@@]34CC[C@@H](c5cc(-c6c(F)cccc6F)nnc53)C4(C)C)n2)n1)=NC#N. The zero-order valence-corrected chi connectivity index (χ0v) is 22.5. The van der Waals surface area contributed by atoms with Gasteiger partial charge >= 0.3 is 0 Å². The second-order valence-corrected chi connectivity index (χ2v) is 12.2. The molecule has 2 aliphatic carbocycles. The van der Waals surface area contributed by atoms with Crippen molar-refractivity contribution in [3.8, 4) is 23.4 Å². The maximum Gasteiger partial charge on any atom is 0.252 e. The molecule has 0 spiro atoms. The number of aromatic nitrogens is 7. The summed E-state index contributed by atoms with van der Waals surface area (Å²) in [5.74, 6) is 0.511. The highest BCUT2D eigenvalue weighted by Gasteiger charge is 2.65. The summed E-state index contributed by atoms with van der Waals surface area (Å²) in [7, 11) is -0.371. The van der Waals surface area contributed by atoms with E-state index in [2.05, 4.69) is 43.5 Å². The van der Waals surface area contributed by atoms with Crippen LogP contribution in [0, 0.1) is 28.5 Å². The third kappa shape index (κ3) is 3.86. The van der Waals surface area contributed by atoms with Gasteiger partial charge in [-0.1, -0.05) is 30.6 Å². The van der Waals surface area contributed by atoms with Crippen LogP contribution in [0.15, 0.2) is 47.2 Å². The van der Waals surface area contributed by atoms with Gasteiger partial charge in [-0.15, -0.1) is 10.2 Å². The molecule has 2 bridgehead atoms. The first kappa shape index (κ1) is 25.3. The van der Waals surface area contributed by atoms with E-state index in [9.17, 15) is 8.78 Å². The number of nitrogens with zero attached hydrogens (tertiary/aromatic N) is 9. The van der Waals surface area contributed by atoms with E-state index in [-0.39, 0.29) is 33.3 Å². The lowest BCUT2D eigenvalue weighted by Gasteiger charge is -2.37. The van der Waals surface area contributed by atoms with Crippen molar-refractivity contribution in [2.24, 2.45) is 9.78 Å². The van der Waals surface area contributed by atoms with Gasteiger partial charge < -0.3 is 0 Å². The van der Waals surface area contributed by atoms with Gasteiger partial charge in [0.15, 0.2) is 5.82 Å². The standard InChI is InChI=1S/C27H25F2N9S/c1-26(2)17-7-10-27(26,24-16(17)13-20(35-36-24)23-18(28)5-4-6-19(23)29)21-8-11-31-25(34-21)38-15-32-22(37-38)9-12-39(3)33-14-30/h4-6,8,11,13,15,17H,7,9-10,12H2,1-3H3/t17-,27-,39?/m0/s1. The maximum absolute atomic E-state index is 14.5. The molecule has 12 heteroatoms. The number of halogens is 2. The normalized spacial score (nSPS) is 21.6. The molecule has 0 N–H and O–H groups in total. The lowest BCUT2D eigenvalue weighted by atomic mass is 9.66. The van der Waals surface area contributed by atoms with E-state index in [1.807, 2.05) is 18.5 Å². The number of benzene rings is 1. The van der Waals surface area contributed by atoms with Gasteiger partial charge in [0, 0.05) is 18.4 Å². The fourth-order valence-electron chi connectivity index (χ4n) is 6.32. The Labute approximate surface area is 226 Å². The Morgan fingerprint density at radius 1 is 1.18 bits per heavy atom. The van der Waals surface area contributed by atoms with Crippen molar-refractivity contribution >= 4 is 10.7 Å². The van der Waals surface area contributed by atoms with E-state index in [1.54, 1.807) is 23.3 Å². The van der Waals surface area contributed by atoms with Gasteiger partial charge in [-0.05, 0) is 60.3 Å². The molecule has 0 aliphatic heterocycles. The molecule has 1 fully saturated rings. The number of nitriles is 1. The third-order valence-corrected chi connectivity index (χ3v) is 9.43. The number of rotatable bonds is 6. The van der Waals surface area contributed by atoms with E-state index in [4.69, 9.17) is 10.2 Å². The van der Waals surface area contributed by atoms with Crippen LogP contribution < -0.4 is 0 Å². The average molecular weight is 546 g/mol. The summed E-state index contributed by atoms with van der Waals surface area (Å²) >= 11 is 0. The summed E-state index contributed by atoms with van der Waals surface area (Å²) in [4.78, 5) is 13.8. The van der Waals surface area contributed by atoms with Crippen molar-refractivity contribution in [2.75, 3.05) is 12.0 Å². The zero-order chi connectivity index (χ0) is 27.4. The number of fused-ring (bicyclic) bond motifs is 5. The number of hydrogen-bond acceptors (Lipinski definition) is 8. The van der Waals surface area contributed by atoms with Crippen molar-refractivity contribution in [1.82, 2.24) is 34.9 Å². The van der Waals surface area contributed by atoms with Gasteiger partial charge in [0.25, 0.3) is 5.95 Å². The van der Waals surface area contributed by atoms with Crippen molar-refractivity contribution in [2.45, 2.75) is 44.4 Å². The number of hydrogen-bond donors (Lipinski definition) is 0. The van der Waals surface area contributed by atoms with E-state index in [1.165, 1.54) is 18.2 Å². The van der Waals surface area contributed by atoms with Crippen LogP contribution in [0.2, 0.25) is 0 Å². The quantitative estimate of drug-likeness (QED) is 0.329. The topological polar surface area (TPSA) is 118 Å². The average Bonchev–Trinajstić information content (AvgIpc) is 3.55. The molecule has 0 saturated heterocycles. The van der Waals surface area contributed by atoms with Crippen LogP contribution >= 0.6 is 0 Å². The first-order valence-electron chi connectivity index (χ1n) is 12.6. The van der Waals surface area contributed by atoms with Crippen molar-refractivity contribution in [3.05, 3.63) is 77.3 Å². The van der Waals surface area contributed by atoms with Crippen LogP contribution in [-0.2, 0) is 22.5 Å². The molecule has 0 amide bonds. The summed E-state index contributed by atoms with van der Waals surface area (Å²) in [6, 6.07) is 7.49. The van der Waals surface area contributed by atoms with Gasteiger partial charge in [0.1, 0.15) is 18.0 Å². The second kappa shape index (κ2) is 9.34. The number of aryl methyl sites for hydroxylation is 1. The third-order valence-electron chi connectivity index (χ3n) is 8.24. The first-order valence-corrected chi connectivity index (χ1v) is 14.3. The largest absolute Gasteiger partial charge is 0.252 e. The molecular weight excluding hydrogens is 520 g/mol. The summed E-state index contributed by atoms with van der Waals surface area (Å²) in [5, 5.41) is 22.2. The molecular formula is C27H25F2N9S. The molecule has 39 heavy (non-hydrogen) atoms. The Morgan fingerprint density at radius 2 is 1.97 bits per heavy atom. The monoisotopic (exact) mass is 545 g/mol. The smallest absolute Gasteiger partial charge is 0.220 e. The minimum absolute atomic E-state index is 0.134. The molecule has 6 rings (SSSR count). The predicted octanol–water partition coefficient (Wildman–Crippen LogP) is 4.45. The van der Waals surface area contributed by atoms with Gasteiger partial charge in [0.2, 0.25) is 6.19 Å². The van der Waals surface area contributed by atoms with Crippen LogP contribution in [0.1, 0.15) is 55.4 Å². The molecule has 198 valence electrons. The van der Waals surface area contributed by atoms with Crippen LogP contribution in [0.4, 0.5) is 8.78 Å². The lowest BCUT2D eigenvalue weighted by Crippen LogP contribution is -2.38. The van der Waals surface area contributed by atoms with Crippen molar-refractivity contribution in [1.29, 1.82) is 5.26 Å². The minimum Gasteiger partial charge on any atom is -0.220 e. The molecule has 3 aromatic heterocycles. The molecule has 1 unspecified atom stereocenters. The molecule has 4 aromatic rings. The van der Waals surface area contributed by atoms with E-state index in [0.29, 0.717) is 23.9 Å². The first-order chi connectivity index (χ1) is 18.8. The Hall–Kier alpha value is -3.98. The van der Waals surface area contributed by atoms with Gasteiger partial charge in [-0.2, -0.15) is 19.4 Å². The highest BCUT2D eigenvalue weighted by molar-refractivity contribution is 7.86. The molecule has 0 radical (unpaired) electrons. The van der Waals surface area contributed by atoms with Crippen molar-refractivity contribution < 1.29 is 8.78 Å². The van der Waals surface area contributed by atoms with Crippen LogP contribution in [-0.4, -0.2) is 46.9 Å². The zero-order valence-electron chi connectivity index (χ0n) is 21.6. The summed E-state index contributed by atoms with van der Waals surface area (Å²) in [6.45, 7) is 4.39. The van der Waals surface area contributed by atoms with Gasteiger partial charge in [-0.25, -0.2) is 23.7 Å². The Morgan fingerprint density at radius 3 is 2.74 bits per heavy atom. The van der Waals surface area contributed by atoms with Gasteiger partial charge in [-0.3, -0.25) is 0 Å². The molecule has 3 atom stereocenters. The predicted molar refractivity (Wildman–Crippen MR) is 141 cm³/mol. The fourth-order valence-corrected chi connectivity index (χ4v) is 7.02. The Bertz CT molecular complexity index is 1660. The van der Waals surface area contributed by atoms with Crippen molar-refractivity contribution in [3.63, 3.8) is 0 Å². The fraction of sp³-hybridized carbons (Fsp3) is 0.370. The van der Waals surface area contributed by atoms with E-state index >= 15 is 0 Å². The Kier molecular flexibility index (Phi) is 6.06. The summed E-state index contributed by atoms with van der Waals surface area (Å²) < 4.78 is 34.5. The van der Waals surface area contributed by atoms with E-state index < -0.39 is 17.0 Å². The summed E-state index contributed by atoms with van der Waals surface area (Å²) in [5.41, 5.74) is 1.78. The highest BCUT2D eigenvalue weighted by atomic mass is 32.2. The van der Waals surface area contributed by atoms with Crippen LogP contribution in [0.25, 0.3) is 17.2 Å².